The summed E-state index contributed by atoms with van der Waals surface area (Å²) in [6, 6.07) is 8.61. The first kappa shape index (κ1) is 14.9. The van der Waals surface area contributed by atoms with Crippen molar-refractivity contribution in [2.24, 2.45) is 0 Å². The van der Waals surface area contributed by atoms with Gasteiger partial charge in [0.1, 0.15) is 0 Å². The molecule has 3 nitrogen and oxygen atoms in total. The summed E-state index contributed by atoms with van der Waals surface area (Å²) in [5.41, 5.74) is 1.23. The number of benzene rings is 1. The number of nitrogens with zero attached hydrogens (tertiary/aromatic N) is 1. The lowest BCUT2D eigenvalue weighted by Crippen LogP contribution is -2.26. The fraction of sp³-hybridized carbons (Fsp3) is 0.471. The Morgan fingerprint density at radius 2 is 2.00 bits per heavy atom. The molecule has 0 saturated carbocycles. The molecule has 0 aliphatic heterocycles. The molecule has 0 spiro atoms. The number of aromatic nitrogens is 1. The summed E-state index contributed by atoms with van der Waals surface area (Å²) in [7, 11) is 0. The summed E-state index contributed by atoms with van der Waals surface area (Å²) in [4.78, 5) is 4.37. The maximum absolute atomic E-state index is 5.76. The van der Waals surface area contributed by atoms with Gasteiger partial charge in [0.2, 0.25) is 0 Å². The lowest BCUT2D eigenvalue weighted by Gasteiger charge is -2.20. The Morgan fingerprint density at radius 3 is 2.80 bits per heavy atom. The van der Waals surface area contributed by atoms with E-state index in [2.05, 4.69) is 48.4 Å². The third-order valence-electron chi connectivity index (χ3n) is 3.35. The lowest BCUT2D eigenvalue weighted by atomic mass is 10.0. The average Bonchev–Trinajstić information content (AvgIpc) is 2.50. The SMILES string of the molecule is CCCNC(COCCC)c1cncc2ccccc12. The van der Waals surface area contributed by atoms with E-state index in [1.54, 1.807) is 0 Å². The highest BCUT2D eigenvalue weighted by Crippen LogP contribution is 2.23. The first-order chi connectivity index (χ1) is 9.86. The number of hydrogen-bond donors (Lipinski definition) is 1. The van der Waals surface area contributed by atoms with Gasteiger partial charge in [-0.3, -0.25) is 4.98 Å². The Morgan fingerprint density at radius 1 is 1.15 bits per heavy atom. The van der Waals surface area contributed by atoms with Crippen LogP contribution in [0.3, 0.4) is 0 Å². The van der Waals surface area contributed by atoms with Crippen LogP contribution in [0.2, 0.25) is 0 Å². The molecule has 0 fully saturated rings. The molecule has 108 valence electrons. The topological polar surface area (TPSA) is 34.1 Å². The predicted octanol–water partition coefficient (Wildman–Crippen LogP) is 3.70. The van der Waals surface area contributed by atoms with Gasteiger partial charge >= 0.3 is 0 Å². The number of hydrogen-bond acceptors (Lipinski definition) is 3. The monoisotopic (exact) mass is 272 g/mol. The van der Waals surface area contributed by atoms with Gasteiger partial charge in [0.15, 0.2) is 0 Å². The fourth-order valence-corrected chi connectivity index (χ4v) is 2.34. The molecular formula is C17H24N2O. The highest BCUT2D eigenvalue weighted by Gasteiger charge is 2.14. The summed E-state index contributed by atoms with van der Waals surface area (Å²) in [5, 5.41) is 6.02. The first-order valence-corrected chi connectivity index (χ1v) is 7.50. The first-order valence-electron chi connectivity index (χ1n) is 7.50. The second-order valence-electron chi connectivity index (χ2n) is 5.03. The molecule has 0 saturated heterocycles. The van der Waals surface area contributed by atoms with Crippen LogP contribution >= 0.6 is 0 Å². The highest BCUT2D eigenvalue weighted by molar-refractivity contribution is 5.85. The molecule has 0 bridgehead atoms. The molecule has 2 rings (SSSR count). The van der Waals surface area contributed by atoms with Crippen molar-refractivity contribution in [3.63, 3.8) is 0 Å². The third-order valence-corrected chi connectivity index (χ3v) is 3.35. The third kappa shape index (κ3) is 3.78. The minimum Gasteiger partial charge on any atom is -0.379 e. The van der Waals surface area contributed by atoms with Crippen LogP contribution < -0.4 is 5.32 Å². The summed E-state index contributed by atoms with van der Waals surface area (Å²) in [6.45, 7) is 6.81. The van der Waals surface area contributed by atoms with Crippen molar-refractivity contribution in [1.82, 2.24) is 10.3 Å². The van der Waals surface area contributed by atoms with Crippen molar-refractivity contribution < 1.29 is 4.74 Å². The maximum atomic E-state index is 5.76. The molecule has 1 unspecified atom stereocenters. The normalized spacial score (nSPS) is 12.7. The smallest absolute Gasteiger partial charge is 0.0662 e. The summed E-state index contributed by atoms with van der Waals surface area (Å²) < 4.78 is 5.76. The molecule has 2 aromatic rings. The van der Waals surface area contributed by atoms with E-state index < -0.39 is 0 Å². The molecule has 0 aliphatic carbocycles. The molecule has 1 aromatic heterocycles. The number of pyridine rings is 1. The van der Waals surface area contributed by atoms with Gasteiger partial charge in [-0.1, -0.05) is 38.1 Å². The minimum absolute atomic E-state index is 0.208. The van der Waals surface area contributed by atoms with E-state index in [1.165, 1.54) is 16.3 Å². The van der Waals surface area contributed by atoms with Crippen molar-refractivity contribution in [3.8, 4) is 0 Å². The fourth-order valence-electron chi connectivity index (χ4n) is 2.34. The molecule has 0 amide bonds. The van der Waals surface area contributed by atoms with Crippen LogP contribution in [0.1, 0.15) is 38.3 Å². The van der Waals surface area contributed by atoms with Crippen LogP contribution in [0.25, 0.3) is 10.8 Å². The Bertz CT molecular complexity index is 522. The van der Waals surface area contributed by atoms with Gasteiger partial charge in [0, 0.05) is 24.4 Å². The van der Waals surface area contributed by atoms with Crippen LogP contribution in [-0.4, -0.2) is 24.7 Å². The molecule has 0 aliphatic rings. The molecule has 1 N–H and O–H groups in total. The van der Waals surface area contributed by atoms with Crippen LogP contribution in [0.15, 0.2) is 36.7 Å². The van der Waals surface area contributed by atoms with Gasteiger partial charge in [-0.2, -0.15) is 0 Å². The Labute approximate surface area is 121 Å². The zero-order valence-electron chi connectivity index (χ0n) is 12.4. The van der Waals surface area contributed by atoms with Crippen molar-refractivity contribution in [2.45, 2.75) is 32.7 Å². The average molecular weight is 272 g/mol. The van der Waals surface area contributed by atoms with Crippen LogP contribution in [0, 0.1) is 0 Å². The second kappa shape index (κ2) is 7.98. The Balaban J connectivity index is 2.24. The number of rotatable bonds is 8. The number of ether oxygens (including phenoxy) is 1. The summed E-state index contributed by atoms with van der Waals surface area (Å²) in [5.74, 6) is 0. The Hall–Kier alpha value is -1.45. The highest BCUT2D eigenvalue weighted by atomic mass is 16.5. The van der Waals surface area contributed by atoms with E-state index in [-0.39, 0.29) is 6.04 Å². The molecule has 1 aromatic carbocycles. The van der Waals surface area contributed by atoms with Crippen LogP contribution in [0.5, 0.6) is 0 Å². The molecular weight excluding hydrogens is 248 g/mol. The van der Waals surface area contributed by atoms with Gasteiger partial charge in [-0.15, -0.1) is 0 Å². The van der Waals surface area contributed by atoms with Gasteiger partial charge in [0.25, 0.3) is 0 Å². The zero-order chi connectivity index (χ0) is 14.2. The number of fused-ring (bicyclic) bond motifs is 1. The maximum Gasteiger partial charge on any atom is 0.0662 e. The summed E-state index contributed by atoms with van der Waals surface area (Å²) >= 11 is 0. The Kier molecular flexibility index (Phi) is 5.96. The van der Waals surface area contributed by atoms with E-state index >= 15 is 0 Å². The zero-order valence-corrected chi connectivity index (χ0v) is 12.4. The van der Waals surface area contributed by atoms with E-state index in [1.807, 2.05) is 12.4 Å². The molecule has 0 radical (unpaired) electrons. The largest absolute Gasteiger partial charge is 0.379 e. The molecule has 1 atom stereocenters. The van der Waals surface area contributed by atoms with Crippen LogP contribution in [0.4, 0.5) is 0 Å². The standard InChI is InChI=1S/C17H24N2O/c1-3-9-19-17(13-20-10-4-2)16-12-18-11-14-7-5-6-8-15(14)16/h5-8,11-12,17,19H,3-4,9-10,13H2,1-2H3. The molecule has 20 heavy (non-hydrogen) atoms. The number of nitrogens with one attached hydrogen (secondary N) is 1. The van der Waals surface area contributed by atoms with E-state index in [9.17, 15) is 0 Å². The van der Waals surface area contributed by atoms with E-state index in [0.29, 0.717) is 6.61 Å². The summed E-state index contributed by atoms with van der Waals surface area (Å²) in [6.07, 6.45) is 6.05. The van der Waals surface area contributed by atoms with Gasteiger partial charge in [-0.05, 0) is 30.3 Å². The lowest BCUT2D eigenvalue weighted by molar-refractivity contribution is 0.112. The van der Waals surface area contributed by atoms with Gasteiger partial charge < -0.3 is 10.1 Å². The quantitative estimate of drug-likeness (QED) is 0.744. The van der Waals surface area contributed by atoms with Gasteiger partial charge in [-0.25, -0.2) is 0 Å². The second-order valence-corrected chi connectivity index (χ2v) is 5.03. The van der Waals surface area contributed by atoms with Crippen molar-refractivity contribution in [1.29, 1.82) is 0 Å². The minimum atomic E-state index is 0.208. The van der Waals surface area contributed by atoms with Crippen molar-refractivity contribution >= 4 is 10.8 Å². The van der Waals surface area contributed by atoms with Crippen molar-refractivity contribution in [2.75, 3.05) is 19.8 Å². The van der Waals surface area contributed by atoms with Gasteiger partial charge in [0.05, 0.1) is 12.6 Å². The van der Waals surface area contributed by atoms with E-state index in [4.69, 9.17) is 4.74 Å². The van der Waals surface area contributed by atoms with Crippen molar-refractivity contribution in [3.05, 3.63) is 42.2 Å². The predicted molar refractivity (Wildman–Crippen MR) is 83.9 cm³/mol. The van der Waals surface area contributed by atoms with Crippen LogP contribution in [-0.2, 0) is 4.74 Å². The van der Waals surface area contributed by atoms with E-state index in [0.717, 1.165) is 26.0 Å². The molecule has 1 heterocycles. The molecule has 3 heteroatoms.